The van der Waals surface area contributed by atoms with Gasteiger partial charge in [0.2, 0.25) is 0 Å². The van der Waals surface area contributed by atoms with Crippen molar-refractivity contribution in [3.63, 3.8) is 0 Å². The van der Waals surface area contributed by atoms with Crippen LogP contribution in [0.1, 0.15) is 38.8 Å². The van der Waals surface area contributed by atoms with Crippen LogP contribution in [0.2, 0.25) is 0 Å². The second-order valence-corrected chi connectivity index (χ2v) is 11.6. The van der Waals surface area contributed by atoms with Crippen LogP contribution < -0.4 is 14.8 Å². The molecule has 3 rings (SSSR count). The van der Waals surface area contributed by atoms with Crippen LogP contribution in [0.5, 0.6) is 11.5 Å². The minimum atomic E-state index is -3.80. The summed E-state index contributed by atoms with van der Waals surface area (Å²) >= 11 is 0. The van der Waals surface area contributed by atoms with Crippen molar-refractivity contribution in [1.82, 2.24) is 10.2 Å². The van der Waals surface area contributed by atoms with Gasteiger partial charge in [-0.25, -0.2) is 18.2 Å². The predicted molar refractivity (Wildman–Crippen MR) is 150 cm³/mol. The van der Waals surface area contributed by atoms with E-state index in [1.807, 2.05) is 0 Å². The molecule has 2 atom stereocenters. The number of nitro benzene ring substituents is 1. The number of nitrogens with zero attached hydrogens (tertiary/aromatic N) is 3. The molecule has 13 nitrogen and oxygen atoms in total. The third-order valence-electron chi connectivity index (χ3n) is 6.40. The molecule has 1 heterocycles. The fraction of sp³-hybridized carbons (Fsp3) is 0.444. The number of carbonyl (C=O) groups is 2. The van der Waals surface area contributed by atoms with Gasteiger partial charge in [-0.05, 0) is 51.4 Å². The molecule has 0 aromatic heterocycles. The number of hydrogen-bond donors (Lipinski definition) is 1. The van der Waals surface area contributed by atoms with Crippen molar-refractivity contribution in [2.75, 3.05) is 33.2 Å². The van der Waals surface area contributed by atoms with Gasteiger partial charge in [0.25, 0.3) is 5.69 Å². The second kappa shape index (κ2) is 13.5. The number of nitro groups is 1. The molecular weight excluding hydrogens is 556 g/mol. The third kappa shape index (κ3) is 7.58. The lowest BCUT2D eigenvalue weighted by Gasteiger charge is -2.38. The average Bonchev–Trinajstić information content (AvgIpc) is 2.92. The largest absolute Gasteiger partial charge is 0.497 e. The van der Waals surface area contributed by atoms with Crippen molar-refractivity contribution < 1.29 is 37.1 Å². The van der Waals surface area contributed by atoms with Crippen LogP contribution in [-0.4, -0.2) is 75.2 Å². The van der Waals surface area contributed by atoms with E-state index in [2.05, 4.69) is 10.3 Å². The Balaban J connectivity index is 1.79. The van der Waals surface area contributed by atoms with E-state index in [1.165, 1.54) is 49.5 Å². The van der Waals surface area contributed by atoms with E-state index in [9.17, 15) is 28.1 Å². The van der Waals surface area contributed by atoms with Gasteiger partial charge in [0, 0.05) is 30.5 Å². The average molecular weight is 591 g/mol. The zero-order valence-electron chi connectivity index (χ0n) is 23.5. The Morgan fingerprint density at radius 2 is 1.90 bits per heavy atom. The highest BCUT2D eigenvalue weighted by Crippen LogP contribution is 2.36. The number of urea groups is 1. The Bertz CT molecular complexity index is 1430. The molecule has 1 aliphatic rings. The van der Waals surface area contributed by atoms with E-state index < -0.39 is 50.7 Å². The first-order valence-electron chi connectivity index (χ1n) is 12.9. The van der Waals surface area contributed by atoms with Crippen LogP contribution in [0.4, 0.5) is 10.5 Å². The third-order valence-corrected chi connectivity index (χ3v) is 7.97. The molecule has 2 aromatic carbocycles. The summed E-state index contributed by atoms with van der Waals surface area (Å²) in [6.07, 6.45) is -0.135. The van der Waals surface area contributed by atoms with Crippen molar-refractivity contribution >= 4 is 33.2 Å². The highest BCUT2D eigenvalue weighted by Gasteiger charge is 2.43. The molecule has 0 radical (unpaired) electrons. The standard InChI is InChI=1S/C27H34N4O9S/c1-17(2)40-26(32)24-18(3)29-27(33)30(25(24)19-8-6-9-20(14-19)31(34)35)13-7-12-28-16-41(36,37)23-15-21(38-4)10-11-22(23)39-5/h6,8-11,14-15,17,24-25,28H,7,12-13,16H2,1-5H3. The number of non-ortho nitro benzene ring substituents is 1. The smallest absolute Gasteiger partial charge is 0.344 e. The van der Waals surface area contributed by atoms with Gasteiger partial charge in [0.15, 0.2) is 9.84 Å². The summed E-state index contributed by atoms with van der Waals surface area (Å²) in [5.74, 6) is -1.45. The second-order valence-electron chi connectivity index (χ2n) is 9.62. The van der Waals surface area contributed by atoms with Gasteiger partial charge >= 0.3 is 12.0 Å². The molecule has 0 saturated heterocycles. The molecule has 2 aromatic rings. The summed E-state index contributed by atoms with van der Waals surface area (Å²) in [6.45, 7) is 5.22. The molecule has 0 fully saturated rings. The van der Waals surface area contributed by atoms with Gasteiger partial charge < -0.3 is 24.4 Å². The first-order chi connectivity index (χ1) is 19.4. The van der Waals surface area contributed by atoms with Crippen LogP contribution in [0, 0.1) is 16.0 Å². The first kappa shape index (κ1) is 31.5. The van der Waals surface area contributed by atoms with Crippen LogP contribution in [0.3, 0.4) is 0 Å². The number of amides is 2. The van der Waals surface area contributed by atoms with Crippen molar-refractivity contribution in [3.8, 4) is 11.5 Å². The number of esters is 1. The number of ether oxygens (including phenoxy) is 3. The van der Waals surface area contributed by atoms with Gasteiger partial charge in [-0.3, -0.25) is 14.9 Å². The van der Waals surface area contributed by atoms with Crippen molar-refractivity contribution in [2.24, 2.45) is 10.9 Å². The van der Waals surface area contributed by atoms with Gasteiger partial charge in [0.05, 0.1) is 31.3 Å². The Morgan fingerprint density at radius 3 is 2.54 bits per heavy atom. The lowest BCUT2D eigenvalue weighted by Crippen LogP contribution is -2.48. The maximum atomic E-state index is 13.1. The molecule has 222 valence electrons. The SMILES string of the molecule is COc1ccc(OC)c(S(=O)(=O)CNCCCN2C(=O)N=C(C)C(C(=O)OC(C)C)C2c2cccc([N+](=O)[O-])c2)c1. The molecular formula is C27H34N4O9S. The zero-order valence-corrected chi connectivity index (χ0v) is 24.3. The summed E-state index contributed by atoms with van der Waals surface area (Å²) in [5, 5.41) is 14.3. The summed E-state index contributed by atoms with van der Waals surface area (Å²) in [6, 6.07) is 8.70. The van der Waals surface area contributed by atoms with E-state index in [0.29, 0.717) is 17.7 Å². The molecule has 41 heavy (non-hydrogen) atoms. The van der Waals surface area contributed by atoms with E-state index in [0.717, 1.165) is 0 Å². The lowest BCUT2D eigenvalue weighted by molar-refractivity contribution is -0.385. The van der Waals surface area contributed by atoms with Gasteiger partial charge in [0.1, 0.15) is 28.2 Å². The van der Waals surface area contributed by atoms with E-state index in [4.69, 9.17) is 14.2 Å². The van der Waals surface area contributed by atoms with Gasteiger partial charge in [-0.2, -0.15) is 0 Å². The molecule has 2 unspecified atom stereocenters. The Labute approximate surface area is 238 Å². The Morgan fingerprint density at radius 1 is 1.17 bits per heavy atom. The number of hydrogen-bond acceptors (Lipinski definition) is 10. The summed E-state index contributed by atoms with van der Waals surface area (Å²) in [4.78, 5) is 42.4. The minimum Gasteiger partial charge on any atom is -0.497 e. The topological polar surface area (TPSA) is 167 Å². The molecule has 0 spiro atoms. The Kier molecular flexibility index (Phi) is 10.4. The lowest BCUT2D eigenvalue weighted by atomic mass is 9.86. The van der Waals surface area contributed by atoms with Gasteiger partial charge in [-0.1, -0.05) is 12.1 Å². The fourth-order valence-corrected chi connectivity index (χ4v) is 5.85. The van der Waals surface area contributed by atoms with Crippen LogP contribution in [0.15, 0.2) is 52.4 Å². The van der Waals surface area contributed by atoms with E-state index >= 15 is 0 Å². The highest BCUT2D eigenvalue weighted by molar-refractivity contribution is 7.91. The maximum absolute atomic E-state index is 13.1. The summed E-state index contributed by atoms with van der Waals surface area (Å²) < 4.78 is 41.7. The number of aliphatic imine (C=N–C) groups is 1. The molecule has 0 saturated carbocycles. The maximum Gasteiger partial charge on any atom is 0.344 e. The molecule has 0 aliphatic carbocycles. The molecule has 1 N–H and O–H groups in total. The number of benzene rings is 2. The normalized spacial score (nSPS) is 17.3. The molecule has 1 aliphatic heterocycles. The number of rotatable bonds is 13. The number of methoxy groups -OCH3 is 2. The van der Waals surface area contributed by atoms with E-state index in [-0.39, 0.29) is 35.1 Å². The first-order valence-corrected chi connectivity index (χ1v) is 14.5. The quantitative estimate of drug-likeness (QED) is 0.158. The van der Waals surface area contributed by atoms with E-state index in [1.54, 1.807) is 32.9 Å². The van der Waals surface area contributed by atoms with Crippen LogP contribution >= 0.6 is 0 Å². The zero-order chi connectivity index (χ0) is 30.3. The fourth-order valence-electron chi connectivity index (χ4n) is 4.53. The van der Waals surface area contributed by atoms with Gasteiger partial charge in [-0.15, -0.1) is 0 Å². The van der Waals surface area contributed by atoms with Crippen LogP contribution in [0.25, 0.3) is 0 Å². The van der Waals surface area contributed by atoms with Crippen LogP contribution in [-0.2, 0) is 19.4 Å². The summed E-state index contributed by atoms with van der Waals surface area (Å²) in [7, 11) is -1.00. The minimum absolute atomic E-state index is 0.0277. The number of nitrogens with one attached hydrogen (secondary N) is 1. The van der Waals surface area contributed by atoms with Crippen molar-refractivity contribution in [2.45, 2.75) is 44.2 Å². The van der Waals surface area contributed by atoms with Crippen molar-refractivity contribution in [1.29, 1.82) is 0 Å². The highest BCUT2D eigenvalue weighted by atomic mass is 32.2. The number of sulfone groups is 1. The predicted octanol–water partition coefficient (Wildman–Crippen LogP) is 3.53. The number of carbonyl (C=O) groups excluding carboxylic acids is 2. The summed E-state index contributed by atoms with van der Waals surface area (Å²) in [5.41, 5.74) is 0.434. The van der Waals surface area contributed by atoms with Crippen molar-refractivity contribution in [3.05, 3.63) is 58.1 Å². The Hall–Kier alpha value is -4.04. The molecule has 14 heteroatoms. The molecule has 2 amide bonds. The monoisotopic (exact) mass is 590 g/mol. The molecule has 0 bridgehead atoms.